The van der Waals surface area contributed by atoms with E-state index in [0.717, 1.165) is 31.4 Å². The molecule has 2 unspecified atom stereocenters. The molecule has 3 heterocycles. The van der Waals surface area contributed by atoms with Gasteiger partial charge in [-0.15, -0.1) is 0 Å². The quantitative estimate of drug-likeness (QED) is 0.710. The van der Waals surface area contributed by atoms with Gasteiger partial charge in [0.25, 0.3) is 0 Å². The number of carbonyl (C=O) groups is 1. The Hall–Kier alpha value is -2.76. The molecule has 1 aromatic carbocycles. The van der Waals surface area contributed by atoms with Gasteiger partial charge in [0, 0.05) is 25.5 Å². The molecule has 0 bridgehead atoms. The predicted molar refractivity (Wildman–Crippen MR) is 104 cm³/mol. The second-order valence-corrected chi connectivity index (χ2v) is 7.32. The Labute approximate surface area is 158 Å². The van der Waals surface area contributed by atoms with Crippen molar-refractivity contribution in [1.82, 2.24) is 14.0 Å². The Morgan fingerprint density at radius 3 is 2.74 bits per heavy atom. The highest BCUT2D eigenvalue weighted by Gasteiger charge is 2.32. The van der Waals surface area contributed by atoms with Crippen LogP contribution in [0.4, 0.5) is 0 Å². The molecule has 1 aliphatic heterocycles. The Morgan fingerprint density at radius 2 is 1.96 bits per heavy atom. The van der Waals surface area contributed by atoms with Crippen LogP contribution in [0.25, 0.3) is 11.1 Å². The summed E-state index contributed by atoms with van der Waals surface area (Å²) in [5.41, 5.74) is 2.31. The zero-order valence-electron chi connectivity index (χ0n) is 15.8. The Balaban J connectivity index is 1.71. The molecule has 142 valence electrons. The number of benzene rings is 1. The van der Waals surface area contributed by atoms with E-state index in [2.05, 4.69) is 10.6 Å². The number of aryl methyl sites for hydroxylation is 1. The minimum absolute atomic E-state index is 0.0308. The Kier molecular flexibility index (Phi) is 4.64. The molecule has 3 aromatic rings. The summed E-state index contributed by atoms with van der Waals surface area (Å²) in [5, 5.41) is 0. The number of likely N-dealkylation sites (tertiary alicyclic amines) is 1. The van der Waals surface area contributed by atoms with Gasteiger partial charge in [-0.25, -0.2) is 4.79 Å². The monoisotopic (exact) mass is 367 g/mol. The number of para-hydroxylation sites is 2. The molecule has 0 aliphatic carbocycles. The Bertz CT molecular complexity index is 1010. The standard InChI is InChI=1S/C21H25N3O3/c1-15(24-18-10-5-6-12-19(18)27-21(24)26)20(25)23-14-7-3-4-9-17(23)16-11-8-13-22(16)2/h5-6,8,10-13,15,17H,3-4,7,9,14H2,1-2H3. The van der Waals surface area contributed by atoms with E-state index in [1.54, 1.807) is 13.0 Å². The van der Waals surface area contributed by atoms with Crippen LogP contribution in [0, 0.1) is 0 Å². The van der Waals surface area contributed by atoms with Gasteiger partial charge in [0.05, 0.1) is 11.6 Å². The van der Waals surface area contributed by atoms with Gasteiger partial charge in [-0.1, -0.05) is 25.0 Å². The summed E-state index contributed by atoms with van der Waals surface area (Å²) < 4.78 is 8.89. The third kappa shape index (κ3) is 3.09. The number of aromatic nitrogens is 2. The zero-order valence-corrected chi connectivity index (χ0v) is 15.8. The van der Waals surface area contributed by atoms with Crippen LogP contribution in [0.15, 0.2) is 51.8 Å². The third-order valence-electron chi connectivity index (χ3n) is 5.62. The van der Waals surface area contributed by atoms with Crippen LogP contribution in [-0.4, -0.2) is 26.5 Å². The summed E-state index contributed by atoms with van der Waals surface area (Å²) in [6.45, 7) is 2.50. The molecule has 2 aromatic heterocycles. The number of hydrogen-bond acceptors (Lipinski definition) is 3. The molecule has 27 heavy (non-hydrogen) atoms. The number of fused-ring (bicyclic) bond motifs is 1. The van der Waals surface area contributed by atoms with Crippen LogP contribution < -0.4 is 5.76 Å². The molecule has 4 rings (SSSR count). The van der Waals surface area contributed by atoms with Crippen molar-refractivity contribution in [1.29, 1.82) is 0 Å². The van der Waals surface area contributed by atoms with Crippen molar-refractivity contribution in [3.05, 3.63) is 58.8 Å². The van der Waals surface area contributed by atoms with Crippen LogP contribution in [0.3, 0.4) is 0 Å². The first kappa shape index (κ1) is 17.6. The summed E-state index contributed by atoms with van der Waals surface area (Å²) in [4.78, 5) is 27.9. The highest BCUT2D eigenvalue weighted by atomic mass is 16.4. The SMILES string of the molecule is CC(C(=O)N1CCCCCC1c1cccn1C)n1c(=O)oc2ccccc21. The fraction of sp³-hybridized carbons (Fsp3) is 0.429. The van der Waals surface area contributed by atoms with Crippen LogP contribution in [0.2, 0.25) is 0 Å². The van der Waals surface area contributed by atoms with Crippen molar-refractivity contribution >= 4 is 17.0 Å². The Morgan fingerprint density at radius 1 is 1.15 bits per heavy atom. The summed E-state index contributed by atoms with van der Waals surface area (Å²) >= 11 is 0. The third-order valence-corrected chi connectivity index (χ3v) is 5.62. The van der Waals surface area contributed by atoms with Gasteiger partial charge in [0.1, 0.15) is 6.04 Å². The second kappa shape index (κ2) is 7.10. The van der Waals surface area contributed by atoms with E-state index < -0.39 is 11.8 Å². The van der Waals surface area contributed by atoms with Crippen molar-refractivity contribution < 1.29 is 9.21 Å². The van der Waals surface area contributed by atoms with Crippen molar-refractivity contribution in [2.24, 2.45) is 7.05 Å². The van der Waals surface area contributed by atoms with Gasteiger partial charge in [0.2, 0.25) is 5.91 Å². The lowest BCUT2D eigenvalue weighted by molar-refractivity contribution is -0.137. The molecule has 0 saturated carbocycles. The zero-order chi connectivity index (χ0) is 19.0. The first-order valence-electron chi connectivity index (χ1n) is 9.59. The van der Waals surface area contributed by atoms with Crippen molar-refractivity contribution in [2.45, 2.75) is 44.7 Å². The maximum Gasteiger partial charge on any atom is 0.420 e. The van der Waals surface area contributed by atoms with Gasteiger partial charge in [-0.3, -0.25) is 9.36 Å². The molecule has 0 N–H and O–H groups in total. The predicted octanol–water partition coefficient (Wildman–Crippen LogP) is 3.64. The first-order chi connectivity index (χ1) is 13.1. The molecular weight excluding hydrogens is 342 g/mol. The molecule has 2 atom stereocenters. The minimum Gasteiger partial charge on any atom is -0.408 e. The maximum atomic E-state index is 13.5. The summed E-state index contributed by atoms with van der Waals surface area (Å²) in [6.07, 6.45) is 6.16. The number of oxazole rings is 1. The molecular formula is C21H25N3O3. The number of amides is 1. The fourth-order valence-electron chi connectivity index (χ4n) is 4.20. The molecule has 6 heteroatoms. The smallest absolute Gasteiger partial charge is 0.408 e. The van der Waals surface area contributed by atoms with Gasteiger partial charge >= 0.3 is 5.76 Å². The number of carbonyl (C=O) groups excluding carboxylic acids is 1. The average molecular weight is 367 g/mol. The average Bonchev–Trinajstić information content (AvgIpc) is 3.13. The van der Waals surface area contributed by atoms with Crippen LogP contribution >= 0.6 is 0 Å². The van der Waals surface area contributed by atoms with E-state index in [9.17, 15) is 9.59 Å². The molecule has 1 aliphatic rings. The molecule has 1 amide bonds. The van der Waals surface area contributed by atoms with Crippen LogP contribution in [0.1, 0.15) is 50.4 Å². The second-order valence-electron chi connectivity index (χ2n) is 7.32. The van der Waals surface area contributed by atoms with E-state index in [0.29, 0.717) is 17.6 Å². The minimum atomic E-state index is -0.609. The lowest BCUT2D eigenvalue weighted by Crippen LogP contribution is -2.41. The van der Waals surface area contributed by atoms with Crippen molar-refractivity contribution in [2.75, 3.05) is 6.54 Å². The van der Waals surface area contributed by atoms with Gasteiger partial charge in [-0.05, 0) is 44.0 Å². The van der Waals surface area contributed by atoms with Crippen LogP contribution in [-0.2, 0) is 11.8 Å². The van der Waals surface area contributed by atoms with E-state index in [1.807, 2.05) is 42.4 Å². The number of nitrogens with zero attached hydrogens (tertiary/aromatic N) is 3. The topological polar surface area (TPSA) is 60.4 Å². The molecule has 6 nitrogen and oxygen atoms in total. The fourth-order valence-corrected chi connectivity index (χ4v) is 4.20. The van der Waals surface area contributed by atoms with E-state index in [4.69, 9.17) is 4.42 Å². The first-order valence-corrected chi connectivity index (χ1v) is 9.59. The van der Waals surface area contributed by atoms with Gasteiger partial charge in [-0.2, -0.15) is 0 Å². The summed E-state index contributed by atoms with van der Waals surface area (Å²) in [5.74, 6) is -0.515. The van der Waals surface area contributed by atoms with Gasteiger partial charge < -0.3 is 13.9 Å². The van der Waals surface area contributed by atoms with Crippen molar-refractivity contribution in [3.63, 3.8) is 0 Å². The van der Waals surface area contributed by atoms with E-state index in [1.165, 1.54) is 4.57 Å². The number of hydrogen-bond donors (Lipinski definition) is 0. The van der Waals surface area contributed by atoms with E-state index in [-0.39, 0.29) is 11.9 Å². The lowest BCUT2D eigenvalue weighted by atomic mass is 10.1. The number of rotatable bonds is 3. The molecule has 1 saturated heterocycles. The maximum absolute atomic E-state index is 13.5. The molecule has 1 fully saturated rings. The largest absolute Gasteiger partial charge is 0.420 e. The normalized spacial score (nSPS) is 19.2. The highest BCUT2D eigenvalue weighted by Crippen LogP contribution is 2.32. The lowest BCUT2D eigenvalue weighted by Gasteiger charge is -2.32. The van der Waals surface area contributed by atoms with E-state index >= 15 is 0 Å². The van der Waals surface area contributed by atoms with Crippen molar-refractivity contribution in [3.8, 4) is 0 Å². The molecule has 0 radical (unpaired) electrons. The summed E-state index contributed by atoms with van der Waals surface area (Å²) in [6, 6.07) is 10.8. The highest BCUT2D eigenvalue weighted by molar-refractivity contribution is 5.83. The van der Waals surface area contributed by atoms with Crippen LogP contribution in [0.5, 0.6) is 0 Å². The molecule has 0 spiro atoms. The summed E-state index contributed by atoms with van der Waals surface area (Å²) in [7, 11) is 2.01. The van der Waals surface area contributed by atoms with Gasteiger partial charge in [0.15, 0.2) is 5.58 Å².